The molecule has 0 N–H and O–H groups in total. The first-order valence-corrected chi connectivity index (χ1v) is 14.6. The van der Waals surface area contributed by atoms with E-state index in [2.05, 4.69) is 155 Å². The van der Waals surface area contributed by atoms with E-state index in [4.69, 9.17) is 4.42 Å². The fraction of sp³-hybridized carbons (Fsp3) is 0. The molecule has 0 bridgehead atoms. The zero-order valence-electron chi connectivity index (χ0n) is 23.3. The predicted octanol–water partition coefficient (Wildman–Crippen LogP) is 11.3. The van der Waals surface area contributed by atoms with Crippen LogP contribution in [-0.4, -0.2) is 4.57 Å². The number of para-hydroxylation sites is 3. The van der Waals surface area contributed by atoms with Crippen molar-refractivity contribution in [1.82, 2.24) is 4.57 Å². The molecule has 2 aromatic heterocycles. The van der Waals surface area contributed by atoms with Gasteiger partial charge in [0.05, 0.1) is 27.8 Å². The second-order valence-electron chi connectivity index (χ2n) is 11.0. The molecule has 9 rings (SSSR count). The van der Waals surface area contributed by atoms with Crippen molar-refractivity contribution in [3.8, 4) is 5.69 Å². The first kappa shape index (κ1) is 23.9. The number of rotatable bonds is 4. The van der Waals surface area contributed by atoms with Crippen LogP contribution in [0.5, 0.6) is 0 Å². The van der Waals surface area contributed by atoms with Crippen molar-refractivity contribution in [1.29, 1.82) is 0 Å². The second-order valence-corrected chi connectivity index (χ2v) is 11.0. The molecule has 0 unspecified atom stereocenters. The van der Waals surface area contributed by atoms with Crippen LogP contribution in [0.2, 0.25) is 0 Å². The monoisotopic (exact) mass is 550 g/mol. The maximum atomic E-state index is 6.35. The van der Waals surface area contributed by atoms with E-state index in [1.165, 1.54) is 32.6 Å². The summed E-state index contributed by atoms with van der Waals surface area (Å²) in [6, 6.07) is 56.0. The molecular weight excluding hydrogens is 524 g/mol. The van der Waals surface area contributed by atoms with E-state index in [9.17, 15) is 0 Å². The summed E-state index contributed by atoms with van der Waals surface area (Å²) < 4.78 is 8.71. The Morgan fingerprint density at radius 1 is 0.442 bits per heavy atom. The number of benzene rings is 7. The molecule has 9 aromatic rings. The summed E-state index contributed by atoms with van der Waals surface area (Å²) in [4.78, 5) is 2.40. The third kappa shape index (κ3) is 3.62. The normalized spacial score (nSPS) is 11.7. The van der Waals surface area contributed by atoms with Gasteiger partial charge in [0.15, 0.2) is 0 Å². The smallest absolute Gasteiger partial charge is 0.137 e. The van der Waals surface area contributed by atoms with Crippen molar-refractivity contribution in [3.05, 3.63) is 158 Å². The Morgan fingerprint density at radius 3 is 2.00 bits per heavy atom. The third-order valence-electron chi connectivity index (χ3n) is 8.56. The van der Waals surface area contributed by atoms with E-state index >= 15 is 0 Å². The molecule has 3 heteroatoms. The van der Waals surface area contributed by atoms with Gasteiger partial charge in [-0.15, -0.1) is 0 Å². The Kier molecular flexibility index (Phi) is 5.20. The lowest BCUT2D eigenvalue weighted by Crippen LogP contribution is -2.11. The molecular formula is C40H26N2O. The second kappa shape index (κ2) is 9.37. The number of hydrogen-bond acceptors (Lipinski definition) is 2. The Bertz CT molecular complexity index is 2460. The Morgan fingerprint density at radius 2 is 1.09 bits per heavy atom. The average molecular weight is 551 g/mol. The maximum Gasteiger partial charge on any atom is 0.137 e. The van der Waals surface area contributed by atoms with Gasteiger partial charge in [-0.25, -0.2) is 0 Å². The van der Waals surface area contributed by atoms with Gasteiger partial charge in [0, 0.05) is 32.9 Å². The highest BCUT2D eigenvalue weighted by atomic mass is 16.3. The number of aromatic nitrogens is 1. The van der Waals surface area contributed by atoms with Gasteiger partial charge in [-0.1, -0.05) is 97.1 Å². The van der Waals surface area contributed by atoms with E-state index in [1.54, 1.807) is 0 Å². The highest BCUT2D eigenvalue weighted by molar-refractivity contribution is 6.16. The van der Waals surface area contributed by atoms with Crippen molar-refractivity contribution >= 4 is 71.6 Å². The molecule has 0 aliphatic carbocycles. The molecule has 0 amide bonds. The Labute approximate surface area is 248 Å². The van der Waals surface area contributed by atoms with Gasteiger partial charge in [0.2, 0.25) is 0 Å². The highest BCUT2D eigenvalue weighted by Crippen LogP contribution is 2.46. The van der Waals surface area contributed by atoms with Crippen molar-refractivity contribution in [2.45, 2.75) is 0 Å². The number of anilines is 3. The lowest BCUT2D eigenvalue weighted by molar-refractivity contribution is 0.669. The zero-order valence-corrected chi connectivity index (χ0v) is 23.3. The van der Waals surface area contributed by atoms with Crippen LogP contribution in [0.25, 0.3) is 60.2 Å². The summed E-state index contributed by atoms with van der Waals surface area (Å²) in [5, 5.41) is 7.06. The van der Waals surface area contributed by atoms with E-state index in [1.807, 2.05) is 12.1 Å². The largest absolute Gasteiger partial charge is 0.456 e. The molecule has 3 nitrogen and oxygen atoms in total. The van der Waals surface area contributed by atoms with Crippen molar-refractivity contribution in [2.24, 2.45) is 0 Å². The molecule has 7 aromatic carbocycles. The van der Waals surface area contributed by atoms with E-state index in [0.29, 0.717) is 0 Å². The Hall–Kier alpha value is -5.80. The van der Waals surface area contributed by atoms with Crippen LogP contribution >= 0.6 is 0 Å². The first-order chi connectivity index (χ1) is 21.3. The number of hydrogen-bond donors (Lipinski definition) is 0. The molecule has 0 atom stereocenters. The summed E-state index contributed by atoms with van der Waals surface area (Å²) in [5.74, 6) is 0. The van der Waals surface area contributed by atoms with Crippen molar-refractivity contribution in [3.63, 3.8) is 0 Å². The fourth-order valence-electron chi connectivity index (χ4n) is 6.71. The van der Waals surface area contributed by atoms with Crippen LogP contribution in [0.15, 0.2) is 162 Å². The average Bonchev–Trinajstić information content (AvgIpc) is 3.61. The van der Waals surface area contributed by atoms with Crippen molar-refractivity contribution < 1.29 is 4.42 Å². The zero-order chi connectivity index (χ0) is 28.3. The molecule has 0 spiro atoms. The summed E-state index contributed by atoms with van der Waals surface area (Å²) in [7, 11) is 0. The predicted molar refractivity (Wildman–Crippen MR) is 180 cm³/mol. The highest BCUT2D eigenvalue weighted by Gasteiger charge is 2.22. The lowest BCUT2D eigenvalue weighted by Gasteiger charge is -2.27. The van der Waals surface area contributed by atoms with Crippen molar-refractivity contribution in [2.75, 3.05) is 4.90 Å². The van der Waals surface area contributed by atoms with Crippen LogP contribution < -0.4 is 4.90 Å². The lowest BCUT2D eigenvalue weighted by atomic mass is 10.0. The minimum atomic E-state index is 0.880. The van der Waals surface area contributed by atoms with Crippen LogP contribution in [0.1, 0.15) is 0 Å². The summed E-state index contributed by atoms with van der Waals surface area (Å²) in [5.41, 5.74) is 8.61. The molecule has 0 saturated carbocycles. The molecule has 2 heterocycles. The standard InChI is InChI=1S/C40H26N2O/c1-2-14-28(15-3-1)41-35-19-8-6-17-31(35)33-26-29(24-25-36(33)41)42(34-20-10-13-27-12-4-5-16-30(27)34)37-21-11-23-39-40(37)32-18-7-9-22-38(32)43-39/h1-26H. The van der Waals surface area contributed by atoms with Crippen LogP contribution in [0.3, 0.4) is 0 Å². The summed E-state index contributed by atoms with van der Waals surface area (Å²) in [6.45, 7) is 0. The van der Waals surface area contributed by atoms with E-state index in [0.717, 1.165) is 44.7 Å². The quantitative estimate of drug-likeness (QED) is 0.217. The van der Waals surface area contributed by atoms with E-state index < -0.39 is 0 Å². The van der Waals surface area contributed by atoms with Gasteiger partial charge in [0.1, 0.15) is 11.2 Å². The SMILES string of the molecule is c1ccc(-n2c3ccccc3c3cc(N(c4cccc5ccccc45)c4cccc5oc6ccccc6c45)ccc32)cc1. The topological polar surface area (TPSA) is 21.3 Å². The van der Waals surface area contributed by atoms with Crippen LogP contribution in [0, 0.1) is 0 Å². The Balaban J connectivity index is 1.38. The maximum absolute atomic E-state index is 6.35. The van der Waals surface area contributed by atoms with Gasteiger partial charge >= 0.3 is 0 Å². The molecule has 0 fully saturated rings. The molecule has 0 aliphatic rings. The van der Waals surface area contributed by atoms with Crippen LogP contribution in [-0.2, 0) is 0 Å². The number of fused-ring (bicyclic) bond motifs is 7. The van der Waals surface area contributed by atoms with E-state index in [-0.39, 0.29) is 0 Å². The van der Waals surface area contributed by atoms with Gasteiger partial charge in [0.25, 0.3) is 0 Å². The van der Waals surface area contributed by atoms with Gasteiger partial charge in [-0.3, -0.25) is 0 Å². The molecule has 0 saturated heterocycles. The number of nitrogens with zero attached hydrogens (tertiary/aromatic N) is 2. The summed E-state index contributed by atoms with van der Waals surface area (Å²) >= 11 is 0. The molecule has 0 aliphatic heterocycles. The van der Waals surface area contributed by atoms with Crippen LogP contribution in [0.4, 0.5) is 17.1 Å². The molecule has 0 radical (unpaired) electrons. The molecule has 202 valence electrons. The van der Waals surface area contributed by atoms with Gasteiger partial charge in [-0.2, -0.15) is 0 Å². The third-order valence-corrected chi connectivity index (χ3v) is 8.56. The van der Waals surface area contributed by atoms with Gasteiger partial charge < -0.3 is 13.9 Å². The minimum Gasteiger partial charge on any atom is -0.456 e. The van der Waals surface area contributed by atoms with Gasteiger partial charge in [-0.05, 0) is 66.0 Å². The summed E-state index contributed by atoms with van der Waals surface area (Å²) in [6.07, 6.45) is 0. The molecule has 43 heavy (non-hydrogen) atoms. The first-order valence-electron chi connectivity index (χ1n) is 14.6. The fourth-order valence-corrected chi connectivity index (χ4v) is 6.71. The number of furan rings is 1. The minimum absolute atomic E-state index is 0.880.